The van der Waals surface area contributed by atoms with Gasteiger partial charge in [0.05, 0.1) is 17.4 Å². The lowest BCUT2D eigenvalue weighted by Crippen LogP contribution is -2.26. The molecule has 0 aliphatic carbocycles. The molecule has 0 unspecified atom stereocenters. The largest absolute Gasteiger partial charge is 0.508 e. The van der Waals surface area contributed by atoms with Crippen LogP contribution in [0.2, 0.25) is 5.15 Å². The van der Waals surface area contributed by atoms with Gasteiger partial charge in [0.1, 0.15) is 10.9 Å². The molecule has 0 aliphatic heterocycles. The molecule has 2 aromatic rings. The van der Waals surface area contributed by atoms with Crippen molar-refractivity contribution in [1.29, 1.82) is 0 Å². The molecule has 0 saturated heterocycles. The number of amides is 1. The lowest BCUT2D eigenvalue weighted by Gasteiger charge is -2.18. The summed E-state index contributed by atoms with van der Waals surface area (Å²) in [6.45, 7) is 0. The van der Waals surface area contributed by atoms with Gasteiger partial charge in [-0.1, -0.05) is 11.6 Å². The van der Waals surface area contributed by atoms with Gasteiger partial charge in [0, 0.05) is 12.7 Å². The van der Waals surface area contributed by atoms with Crippen LogP contribution < -0.4 is 10.6 Å². The first-order chi connectivity index (χ1) is 8.99. The van der Waals surface area contributed by atoms with Crippen molar-refractivity contribution in [2.24, 2.45) is 0 Å². The molecule has 1 aromatic heterocycles. The van der Waals surface area contributed by atoms with Gasteiger partial charge in [0.15, 0.2) is 0 Å². The molecule has 2 rings (SSSR count). The van der Waals surface area contributed by atoms with E-state index in [9.17, 15) is 9.90 Å². The van der Waals surface area contributed by atoms with Crippen LogP contribution in [0.4, 0.5) is 11.4 Å². The molecule has 0 aliphatic rings. The Morgan fingerprint density at radius 1 is 1.37 bits per heavy atom. The third-order valence-corrected chi connectivity index (χ3v) is 2.93. The summed E-state index contributed by atoms with van der Waals surface area (Å²) in [4.78, 5) is 17.5. The van der Waals surface area contributed by atoms with Gasteiger partial charge in [-0.25, -0.2) is 4.98 Å². The van der Waals surface area contributed by atoms with Gasteiger partial charge in [0.2, 0.25) is 0 Å². The van der Waals surface area contributed by atoms with Crippen LogP contribution in [-0.2, 0) is 0 Å². The average molecular weight is 278 g/mol. The minimum atomic E-state index is -0.324. The third kappa shape index (κ3) is 2.77. The fraction of sp³-hybridized carbons (Fsp3) is 0.0769. The number of pyridine rings is 1. The van der Waals surface area contributed by atoms with E-state index in [4.69, 9.17) is 17.3 Å². The number of halogens is 1. The number of aromatic hydroxyl groups is 1. The van der Waals surface area contributed by atoms with Crippen molar-refractivity contribution < 1.29 is 9.90 Å². The zero-order valence-corrected chi connectivity index (χ0v) is 10.9. The van der Waals surface area contributed by atoms with E-state index in [1.54, 1.807) is 19.2 Å². The third-order valence-electron chi connectivity index (χ3n) is 2.63. The molecule has 5 nitrogen and oxygen atoms in total. The van der Waals surface area contributed by atoms with Crippen LogP contribution in [0.1, 0.15) is 10.4 Å². The second-order valence-electron chi connectivity index (χ2n) is 3.99. The quantitative estimate of drug-likeness (QED) is 0.826. The number of hydrogen-bond acceptors (Lipinski definition) is 4. The number of aromatic nitrogens is 1. The number of carbonyl (C=O) groups excluding carboxylic acids is 1. The molecule has 0 spiro atoms. The van der Waals surface area contributed by atoms with Crippen molar-refractivity contribution >= 4 is 28.9 Å². The molecule has 0 saturated carbocycles. The van der Waals surface area contributed by atoms with Crippen molar-refractivity contribution in [2.45, 2.75) is 0 Å². The van der Waals surface area contributed by atoms with Crippen LogP contribution in [0.25, 0.3) is 0 Å². The number of nitrogens with zero attached hydrogens (tertiary/aromatic N) is 2. The summed E-state index contributed by atoms with van der Waals surface area (Å²) in [5.41, 5.74) is 6.83. The zero-order chi connectivity index (χ0) is 14.0. The summed E-state index contributed by atoms with van der Waals surface area (Å²) in [5, 5.41) is 9.33. The summed E-state index contributed by atoms with van der Waals surface area (Å²) in [6.07, 6.45) is 1.39. The predicted octanol–water partition coefficient (Wildman–Crippen LogP) is 2.30. The first kappa shape index (κ1) is 13.2. The van der Waals surface area contributed by atoms with Crippen LogP contribution in [0.15, 0.2) is 36.5 Å². The standard InChI is InChI=1S/C13H12ClN3O2/c1-17(9-2-4-10(18)5-3-9)13(19)11-6-8(15)7-16-12(11)14/h2-7,18H,15H2,1H3. The van der Waals surface area contributed by atoms with Gasteiger partial charge >= 0.3 is 0 Å². The first-order valence-electron chi connectivity index (χ1n) is 5.47. The number of phenols is 1. The average Bonchev–Trinajstić information content (AvgIpc) is 2.41. The highest BCUT2D eigenvalue weighted by atomic mass is 35.5. The van der Waals surface area contributed by atoms with E-state index in [0.29, 0.717) is 11.4 Å². The Kier molecular flexibility index (Phi) is 3.57. The molecule has 98 valence electrons. The lowest BCUT2D eigenvalue weighted by molar-refractivity contribution is 0.0993. The molecular weight excluding hydrogens is 266 g/mol. The van der Waals surface area contributed by atoms with Crippen molar-refractivity contribution in [2.75, 3.05) is 17.7 Å². The molecule has 0 atom stereocenters. The fourth-order valence-electron chi connectivity index (χ4n) is 1.59. The summed E-state index contributed by atoms with van der Waals surface area (Å²) in [7, 11) is 1.61. The second-order valence-corrected chi connectivity index (χ2v) is 4.35. The number of carbonyl (C=O) groups is 1. The zero-order valence-electron chi connectivity index (χ0n) is 10.2. The first-order valence-corrected chi connectivity index (χ1v) is 5.85. The van der Waals surface area contributed by atoms with E-state index >= 15 is 0 Å². The number of nitrogen functional groups attached to an aromatic ring is 1. The van der Waals surface area contributed by atoms with Crippen LogP contribution in [0, 0.1) is 0 Å². The molecule has 0 radical (unpaired) electrons. The maximum absolute atomic E-state index is 12.3. The smallest absolute Gasteiger partial charge is 0.261 e. The SMILES string of the molecule is CN(C(=O)c1cc(N)cnc1Cl)c1ccc(O)cc1. The van der Waals surface area contributed by atoms with Crippen molar-refractivity contribution in [3.63, 3.8) is 0 Å². The molecular formula is C13H12ClN3O2. The summed E-state index contributed by atoms with van der Waals surface area (Å²) >= 11 is 5.89. The Morgan fingerprint density at radius 2 is 2.00 bits per heavy atom. The number of hydrogen-bond donors (Lipinski definition) is 2. The molecule has 0 fully saturated rings. The monoisotopic (exact) mass is 277 g/mol. The van der Waals surface area contributed by atoms with Crippen LogP contribution >= 0.6 is 11.6 Å². The van der Waals surface area contributed by atoms with E-state index in [-0.39, 0.29) is 22.4 Å². The minimum absolute atomic E-state index is 0.102. The van der Waals surface area contributed by atoms with E-state index < -0.39 is 0 Å². The van der Waals surface area contributed by atoms with E-state index in [0.717, 1.165) is 0 Å². The Labute approximate surface area is 115 Å². The number of phenolic OH excluding ortho intramolecular Hbond substituents is 1. The number of nitrogens with two attached hydrogens (primary N) is 1. The predicted molar refractivity (Wildman–Crippen MR) is 74.5 cm³/mol. The fourth-order valence-corrected chi connectivity index (χ4v) is 1.77. The highest BCUT2D eigenvalue weighted by molar-refractivity contribution is 6.33. The Hall–Kier alpha value is -2.27. The normalized spacial score (nSPS) is 10.2. The number of benzene rings is 1. The van der Waals surface area contributed by atoms with Crippen molar-refractivity contribution in [3.05, 3.63) is 47.2 Å². The Balaban J connectivity index is 2.33. The van der Waals surface area contributed by atoms with Gasteiger partial charge in [0.25, 0.3) is 5.91 Å². The molecule has 3 N–H and O–H groups in total. The van der Waals surface area contributed by atoms with E-state index in [1.807, 2.05) is 0 Å². The van der Waals surface area contributed by atoms with Crippen LogP contribution in [0.5, 0.6) is 5.75 Å². The maximum Gasteiger partial charge on any atom is 0.261 e. The molecule has 1 heterocycles. The maximum atomic E-state index is 12.3. The van der Waals surface area contributed by atoms with Gasteiger partial charge in [-0.3, -0.25) is 4.79 Å². The molecule has 1 amide bonds. The van der Waals surface area contributed by atoms with E-state index in [2.05, 4.69) is 4.98 Å². The number of anilines is 2. The Morgan fingerprint density at radius 3 is 2.63 bits per heavy atom. The highest BCUT2D eigenvalue weighted by Gasteiger charge is 2.17. The topological polar surface area (TPSA) is 79.5 Å². The lowest BCUT2D eigenvalue weighted by atomic mass is 10.2. The molecule has 0 bridgehead atoms. The van der Waals surface area contributed by atoms with Gasteiger partial charge in [-0.2, -0.15) is 0 Å². The van der Waals surface area contributed by atoms with Gasteiger partial charge < -0.3 is 15.7 Å². The highest BCUT2D eigenvalue weighted by Crippen LogP contribution is 2.22. The molecule has 19 heavy (non-hydrogen) atoms. The van der Waals surface area contributed by atoms with Crippen molar-refractivity contribution in [1.82, 2.24) is 4.98 Å². The summed E-state index contributed by atoms with van der Waals surface area (Å²) in [5.74, 6) is -0.191. The van der Waals surface area contributed by atoms with Crippen LogP contribution in [-0.4, -0.2) is 23.0 Å². The summed E-state index contributed by atoms with van der Waals surface area (Å²) < 4.78 is 0. The van der Waals surface area contributed by atoms with Gasteiger partial charge in [-0.05, 0) is 30.3 Å². The minimum Gasteiger partial charge on any atom is -0.508 e. The van der Waals surface area contributed by atoms with Crippen molar-refractivity contribution in [3.8, 4) is 5.75 Å². The molecule has 1 aromatic carbocycles. The molecule has 6 heteroatoms. The number of rotatable bonds is 2. The van der Waals surface area contributed by atoms with Crippen LogP contribution in [0.3, 0.4) is 0 Å². The second kappa shape index (κ2) is 5.16. The Bertz CT molecular complexity index is 614. The summed E-state index contributed by atoms with van der Waals surface area (Å²) in [6, 6.07) is 7.73. The van der Waals surface area contributed by atoms with E-state index in [1.165, 1.54) is 29.3 Å². The van der Waals surface area contributed by atoms with Gasteiger partial charge in [-0.15, -0.1) is 0 Å².